The van der Waals surface area contributed by atoms with Crippen LogP contribution in [0, 0.1) is 41.1 Å². The van der Waals surface area contributed by atoms with E-state index in [0.29, 0.717) is 5.56 Å². The molecule has 2 heterocycles. The molecular weight excluding hydrogens is 395 g/mol. The second kappa shape index (κ2) is 7.11. The van der Waals surface area contributed by atoms with E-state index in [4.69, 9.17) is 0 Å². The predicted octanol–water partition coefficient (Wildman–Crippen LogP) is 4.72. The molecule has 0 aliphatic heterocycles. The first-order chi connectivity index (χ1) is 14.4. The monoisotopic (exact) mass is 415 g/mol. The van der Waals surface area contributed by atoms with E-state index in [1.165, 1.54) is 12.3 Å². The highest BCUT2D eigenvalue weighted by Gasteiger charge is 2.47. The molecule has 1 aromatic carbocycles. The van der Waals surface area contributed by atoms with Crippen molar-refractivity contribution in [2.45, 2.75) is 32.1 Å². The number of hydrogen-bond donors (Lipinski definition) is 2. The topological polar surface area (TPSA) is 78.9 Å². The molecule has 3 fully saturated rings. The van der Waals surface area contributed by atoms with Gasteiger partial charge in [-0.2, -0.15) is 0 Å². The van der Waals surface area contributed by atoms with Gasteiger partial charge < -0.3 is 10.1 Å². The van der Waals surface area contributed by atoms with Crippen LogP contribution in [0.15, 0.2) is 24.5 Å². The molecule has 2 aromatic heterocycles. The summed E-state index contributed by atoms with van der Waals surface area (Å²) >= 11 is 0. The standard InChI is InChI=1S/C22H20F3N3O2/c23-12-5-14-15(8-26-20(14)16(24)6-12)21-27-9-17(25)18(28-21)7-13-10-1-3-11(4-2-10)19(13)22(29)30/h5-6,8-11,13,19,26H,1-4,7H2,(H,29,30)/t10?,11?,13-,19-/m0/s1. The molecule has 30 heavy (non-hydrogen) atoms. The smallest absolute Gasteiger partial charge is 0.307 e. The lowest BCUT2D eigenvalue weighted by Crippen LogP contribution is -2.45. The number of aromatic amines is 1. The molecule has 3 saturated carbocycles. The number of aliphatic carboxylic acids is 1. The Hall–Kier alpha value is -2.90. The minimum atomic E-state index is -0.827. The number of benzene rings is 1. The van der Waals surface area contributed by atoms with Crippen LogP contribution < -0.4 is 0 Å². The van der Waals surface area contributed by atoms with Gasteiger partial charge in [-0.1, -0.05) is 0 Å². The van der Waals surface area contributed by atoms with Gasteiger partial charge in [0.2, 0.25) is 0 Å². The molecule has 3 aromatic rings. The van der Waals surface area contributed by atoms with E-state index in [0.717, 1.165) is 37.9 Å². The highest BCUT2D eigenvalue weighted by molar-refractivity contribution is 5.94. The summed E-state index contributed by atoms with van der Waals surface area (Å²) < 4.78 is 42.3. The molecule has 2 atom stereocenters. The van der Waals surface area contributed by atoms with Crippen molar-refractivity contribution in [3.8, 4) is 11.4 Å². The van der Waals surface area contributed by atoms with Gasteiger partial charge in [0.15, 0.2) is 11.6 Å². The zero-order valence-electron chi connectivity index (χ0n) is 16.0. The SMILES string of the molecule is O=C(O)[C@H]1C2CCC(CC2)[C@@H]1Cc1nc(-c2c[nH]c3c(F)cc(F)cc23)ncc1F. The maximum Gasteiger partial charge on any atom is 0.307 e. The highest BCUT2D eigenvalue weighted by atomic mass is 19.1. The van der Waals surface area contributed by atoms with Gasteiger partial charge in [-0.05, 0) is 55.9 Å². The minimum absolute atomic E-state index is 0.122. The first kappa shape index (κ1) is 19.1. The molecule has 156 valence electrons. The maximum absolute atomic E-state index is 14.6. The van der Waals surface area contributed by atoms with E-state index >= 15 is 0 Å². The summed E-state index contributed by atoms with van der Waals surface area (Å²) in [6, 6.07) is 1.96. The number of hydrogen-bond acceptors (Lipinski definition) is 3. The molecule has 3 aliphatic rings. The van der Waals surface area contributed by atoms with Crippen molar-refractivity contribution < 1.29 is 23.1 Å². The van der Waals surface area contributed by atoms with Gasteiger partial charge in [0, 0.05) is 23.2 Å². The van der Waals surface area contributed by atoms with Crippen LogP contribution in [0.25, 0.3) is 22.3 Å². The molecule has 0 radical (unpaired) electrons. The van der Waals surface area contributed by atoms with Gasteiger partial charge in [0.05, 0.1) is 23.3 Å². The number of H-pyrrole nitrogens is 1. The third-order valence-corrected chi connectivity index (χ3v) is 6.87. The Morgan fingerprint density at radius 1 is 1.10 bits per heavy atom. The van der Waals surface area contributed by atoms with E-state index in [-0.39, 0.29) is 46.6 Å². The fourth-order valence-electron chi connectivity index (χ4n) is 5.49. The van der Waals surface area contributed by atoms with Gasteiger partial charge in [0.25, 0.3) is 0 Å². The normalized spacial score (nSPS) is 25.7. The van der Waals surface area contributed by atoms with Crippen LogP contribution in [0.5, 0.6) is 0 Å². The molecular formula is C22H20F3N3O2. The van der Waals surface area contributed by atoms with Crippen LogP contribution in [0.3, 0.4) is 0 Å². The van der Waals surface area contributed by atoms with Crippen LogP contribution in [0.1, 0.15) is 31.4 Å². The van der Waals surface area contributed by atoms with Crippen molar-refractivity contribution in [1.82, 2.24) is 15.0 Å². The van der Waals surface area contributed by atoms with Crippen LogP contribution in [0.4, 0.5) is 13.2 Å². The van der Waals surface area contributed by atoms with Crippen LogP contribution in [0.2, 0.25) is 0 Å². The largest absolute Gasteiger partial charge is 0.481 e. The number of nitrogens with one attached hydrogen (secondary N) is 1. The first-order valence-electron chi connectivity index (χ1n) is 10.1. The summed E-state index contributed by atoms with van der Waals surface area (Å²) in [7, 11) is 0. The van der Waals surface area contributed by atoms with Gasteiger partial charge >= 0.3 is 5.97 Å². The van der Waals surface area contributed by atoms with Crippen LogP contribution >= 0.6 is 0 Å². The van der Waals surface area contributed by atoms with E-state index in [1.54, 1.807) is 0 Å². The minimum Gasteiger partial charge on any atom is -0.481 e. The molecule has 0 saturated heterocycles. The molecule has 6 rings (SSSR count). The number of aromatic nitrogens is 3. The Kier molecular flexibility index (Phi) is 4.52. The van der Waals surface area contributed by atoms with Gasteiger partial charge in [-0.3, -0.25) is 4.79 Å². The highest BCUT2D eigenvalue weighted by Crippen LogP contribution is 2.50. The average Bonchev–Trinajstić information content (AvgIpc) is 3.14. The lowest BCUT2D eigenvalue weighted by molar-refractivity contribution is -0.152. The molecule has 0 spiro atoms. The Labute approximate surface area is 170 Å². The van der Waals surface area contributed by atoms with Crippen molar-refractivity contribution in [2.24, 2.45) is 23.7 Å². The number of halogens is 3. The summed E-state index contributed by atoms with van der Waals surface area (Å²) in [6.07, 6.45) is 6.45. The van der Waals surface area contributed by atoms with Crippen molar-refractivity contribution in [1.29, 1.82) is 0 Å². The maximum atomic E-state index is 14.6. The number of carboxylic acids is 1. The van der Waals surface area contributed by atoms with Crippen LogP contribution in [-0.2, 0) is 11.2 Å². The Morgan fingerprint density at radius 3 is 2.57 bits per heavy atom. The van der Waals surface area contributed by atoms with Crippen molar-refractivity contribution in [3.05, 3.63) is 47.7 Å². The quantitative estimate of drug-likeness (QED) is 0.646. The molecule has 0 amide bonds. The molecule has 5 nitrogen and oxygen atoms in total. The van der Waals surface area contributed by atoms with Gasteiger partial charge in [0.1, 0.15) is 11.6 Å². The number of carbonyl (C=O) groups is 1. The molecule has 0 unspecified atom stereocenters. The number of rotatable bonds is 4. The molecule has 8 heteroatoms. The second-order valence-electron chi connectivity index (χ2n) is 8.41. The number of carboxylic acid groups (broad SMARTS) is 1. The Balaban J connectivity index is 1.53. The number of nitrogens with zero attached hydrogens (tertiary/aromatic N) is 2. The fourth-order valence-corrected chi connectivity index (χ4v) is 5.49. The molecule has 3 aliphatic carbocycles. The third-order valence-electron chi connectivity index (χ3n) is 6.87. The van der Waals surface area contributed by atoms with E-state index in [2.05, 4.69) is 15.0 Å². The Bertz CT molecular complexity index is 1140. The second-order valence-corrected chi connectivity index (χ2v) is 8.41. The first-order valence-corrected chi connectivity index (χ1v) is 10.1. The fraction of sp³-hybridized carbons (Fsp3) is 0.409. The summed E-state index contributed by atoms with van der Waals surface area (Å²) in [6.45, 7) is 0. The average molecular weight is 415 g/mol. The lowest BCUT2D eigenvalue weighted by atomic mass is 9.57. The van der Waals surface area contributed by atoms with Gasteiger partial charge in [-0.15, -0.1) is 0 Å². The van der Waals surface area contributed by atoms with Crippen LogP contribution in [-0.4, -0.2) is 26.0 Å². The predicted molar refractivity (Wildman–Crippen MR) is 103 cm³/mol. The Morgan fingerprint density at radius 2 is 1.83 bits per heavy atom. The summed E-state index contributed by atoms with van der Waals surface area (Å²) in [5.41, 5.74) is 0.635. The van der Waals surface area contributed by atoms with Crippen molar-refractivity contribution >= 4 is 16.9 Å². The zero-order valence-corrected chi connectivity index (χ0v) is 16.0. The number of fused-ring (bicyclic) bond motifs is 4. The lowest BCUT2D eigenvalue weighted by Gasteiger charge is -2.46. The van der Waals surface area contributed by atoms with Gasteiger partial charge in [-0.25, -0.2) is 23.1 Å². The van der Waals surface area contributed by atoms with E-state index in [1.807, 2.05) is 0 Å². The van der Waals surface area contributed by atoms with E-state index in [9.17, 15) is 23.1 Å². The van der Waals surface area contributed by atoms with E-state index < -0.39 is 29.3 Å². The van der Waals surface area contributed by atoms with Crippen molar-refractivity contribution in [3.63, 3.8) is 0 Å². The zero-order chi connectivity index (χ0) is 21.0. The third kappa shape index (κ3) is 3.05. The summed E-state index contributed by atoms with van der Waals surface area (Å²) in [5, 5.41) is 10.0. The summed E-state index contributed by atoms with van der Waals surface area (Å²) in [5.74, 6) is -3.04. The molecule has 2 bridgehead atoms. The summed E-state index contributed by atoms with van der Waals surface area (Å²) in [4.78, 5) is 23.0. The molecule has 2 N–H and O–H groups in total. The van der Waals surface area contributed by atoms with Crippen molar-refractivity contribution in [2.75, 3.05) is 0 Å².